The molecule has 2 saturated heterocycles. The highest BCUT2D eigenvalue weighted by molar-refractivity contribution is 5.05. The fraction of sp³-hybridized carbons (Fsp3) is 1.00. The summed E-state index contributed by atoms with van der Waals surface area (Å²) in [4.78, 5) is 2.58. The molecule has 0 aliphatic carbocycles. The fourth-order valence-electron chi connectivity index (χ4n) is 3.75. The van der Waals surface area contributed by atoms with E-state index in [-0.39, 0.29) is 17.2 Å². The average molecular weight is 254 g/mol. The molecule has 0 aromatic rings. The summed E-state index contributed by atoms with van der Waals surface area (Å²) in [5, 5.41) is 0. The lowest BCUT2D eigenvalue weighted by Gasteiger charge is -2.31. The summed E-state index contributed by atoms with van der Waals surface area (Å²) in [7, 11) is 0. The van der Waals surface area contributed by atoms with Gasteiger partial charge in [0.05, 0.1) is 11.2 Å². The smallest absolute Gasteiger partial charge is 0.0788 e. The zero-order chi connectivity index (χ0) is 13.7. The van der Waals surface area contributed by atoms with E-state index >= 15 is 0 Å². The number of rotatable bonds is 2. The van der Waals surface area contributed by atoms with Crippen molar-refractivity contribution in [1.29, 1.82) is 0 Å². The predicted octanol–water partition coefficient (Wildman–Crippen LogP) is 2.11. The van der Waals surface area contributed by atoms with Crippen molar-refractivity contribution in [3.8, 4) is 0 Å². The zero-order valence-electron chi connectivity index (χ0n) is 12.9. The molecule has 3 heteroatoms. The molecule has 2 N–H and O–H groups in total. The van der Waals surface area contributed by atoms with Crippen LogP contribution < -0.4 is 5.73 Å². The third-order valence-electron chi connectivity index (χ3n) is 5.17. The molecule has 0 aromatic carbocycles. The van der Waals surface area contributed by atoms with E-state index in [1.165, 1.54) is 13.1 Å². The van der Waals surface area contributed by atoms with Crippen LogP contribution in [0.2, 0.25) is 0 Å². The third-order valence-corrected chi connectivity index (χ3v) is 5.17. The highest BCUT2D eigenvalue weighted by Gasteiger charge is 2.52. The minimum absolute atomic E-state index is 0.113. The average Bonchev–Trinajstić information content (AvgIpc) is 2.58. The highest BCUT2D eigenvalue weighted by Crippen LogP contribution is 2.42. The van der Waals surface area contributed by atoms with Crippen molar-refractivity contribution >= 4 is 0 Å². The maximum Gasteiger partial charge on any atom is 0.0788 e. The molecule has 18 heavy (non-hydrogen) atoms. The number of likely N-dealkylation sites (tertiary alicyclic amines) is 1. The Bertz CT molecular complexity index is 304. The van der Waals surface area contributed by atoms with Crippen LogP contribution in [0.1, 0.15) is 41.5 Å². The van der Waals surface area contributed by atoms with Crippen LogP contribution in [0.15, 0.2) is 0 Å². The van der Waals surface area contributed by atoms with E-state index in [4.69, 9.17) is 10.5 Å². The van der Waals surface area contributed by atoms with Crippen molar-refractivity contribution in [1.82, 2.24) is 4.90 Å². The SMILES string of the molecule is CC1CN(CC2C(N)C(C)(C)OC2(C)C)CC1C. The van der Waals surface area contributed by atoms with Gasteiger partial charge in [0, 0.05) is 31.6 Å². The molecule has 4 unspecified atom stereocenters. The molecule has 2 rings (SSSR count). The first-order valence-electron chi connectivity index (χ1n) is 7.31. The Morgan fingerprint density at radius 3 is 1.94 bits per heavy atom. The lowest BCUT2D eigenvalue weighted by atomic mass is 9.83. The number of nitrogens with zero attached hydrogens (tertiary/aromatic N) is 1. The maximum absolute atomic E-state index is 6.43. The van der Waals surface area contributed by atoms with Gasteiger partial charge in [-0.15, -0.1) is 0 Å². The summed E-state index contributed by atoms with van der Waals surface area (Å²) < 4.78 is 6.17. The number of ether oxygens (including phenoxy) is 1. The van der Waals surface area contributed by atoms with E-state index in [2.05, 4.69) is 46.4 Å². The predicted molar refractivity (Wildman–Crippen MR) is 75.5 cm³/mol. The molecule has 106 valence electrons. The van der Waals surface area contributed by atoms with Crippen LogP contribution in [0, 0.1) is 17.8 Å². The monoisotopic (exact) mass is 254 g/mol. The Morgan fingerprint density at radius 1 is 1.06 bits per heavy atom. The van der Waals surface area contributed by atoms with Crippen molar-refractivity contribution in [3.63, 3.8) is 0 Å². The Labute approximate surface area is 112 Å². The van der Waals surface area contributed by atoms with Gasteiger partial charge in [0.15, 0.2) is 0 Å². The first-order valence-corrected chi connectivity index (χ1v) is 7.31. The molecule has 0 radical (unpaired) electrons. The van der Waals surface area contributed by atoms with Gasteiger partial charge in [-0.1, -0.05) is 13.8 Å². The minimum Gasteiger partial charge on any atom is -0.368 e. The largest absolute Gasteiger partial charge is 0.368 e. The van der Waals surface area contributed by atoms with Gasteiger partial charge in [-0.3, -0.25) is 0 Å². The number of nitrogens with two attached hydrogens (primary N) is 1. The topological polar surface area (TPSA) is 38.5 Å². The fourth-order valence-corrected chi connectivity index (χ4v) is 3.75. The maximum atomic E-state index is 6.43. The molecule has 2 fully saturated rings. The standard InChI is InChI=1S/C15H30N2O/c1-10-7-17(8-11(10)2)9-12-13(16)15(5,6)18-14(12,3)4/h10-13H,7-9,16H2,1-6H3. The summed E-state index contributed by atoms with van der Waals surface area (Å²) >= 11 is 0. The second-order valence-corrected chi connectivity index (χ2v) is 7.61. The third kappa shape index (κ3) is 2.45. The molecule has 0 aromatic heterocycles. The van der Waals surface area contributed by atoms with Gasteiger partial charge in [0.25, 0.3) is 0 Å². The van der Waals surface area contributed by atoms with E-state index < -0.39 is 0 Å². The normalized spacial score (nSPS) is 43.5. The van der Waals surface area contributed by atoms with Crippen molar-refractivity contribution in [2.75, 3.05) is 19.6 Å². The molecule has 2 aliphatic heterocycles. The van der Waals surface area contributed by atoms with Gasteiger partial charge in [-0.2, -0.15) is 0 Å². The van der Waals surface area contributed by atoms with Crippen LogP contribution in [0.25, 0.3) is 0 Å². The van der Waals surface area contributed by atoms with Gasteiger partial charge < -0.3 is 15.4 Å². The molecule has 0 saturated carbocycles. The Morgan fingerprint density at radius 2 is 1.56 bits per heavy atom. The first-order chi connectivity index (χ1) is 8.13. The van der Waals surface area contributed by atoms with Crippen molar-refractivity contribution in [2.24, 2.45) is 23.5 Å². The van der Waals surface area contributed by atoms with Gasteiger partial charge in [0.1, 0.15) is 0 Å². The van der Waals surface area contributed by atoms with Gasteiger partial charge in [-0.05, 0) is 39.5 Å². The molecule has 3 nitrogen and oxygen atoms in total. The molecule has 2 heterocycles. The molecule has 0 amide bonds. The van der Waals surface area contributed by atoms with Crippen LogP contribution in [0.5, 0.6) is 0 Å². The van der Waals surface area contributed by atoms with Crippen LogP contribution in [-0.4, -0.2) is 41.8 Å². The van der Waals surface area contributed by atoms with Gasteiger partial charge >= 0.3 is 0 Å². The molecule has 2 aliphatic rings. The molecular formula is C15H30N2O. The zero-order valence-corrected chi connectivity index (χ0v) is 12.9. The van der Waals surface area contributed by atoms with E-state index in [1.54, 1.807) is 0 Å². The molecule has 0 bridgehead atoms. The summed E-state index contributed by atoms with van der Waals surface area (Å²) in [5.41, 5.74) is 6.11. The van der Waals surface area contributed by atoms with Crippen molar-refractivity contribution in [3.05, 3.63) is 0 Å². The van der Waals surface area contributed by atoms with Gasteiger partial charge in [-0.25, -0.2) is 0 Å². The lowest BCUT2D eigenvalue weighted by Crippen LogP contribution is -2.47. The van der Waals surface area contributed by atoms with Crippen LogP contribution in [0.4, 0.5) is 0 Å². The first kappa shape index (κ1) is 14.3. The lowest BCUT2D eigenvalue weighted by molar-refractivity contribution is -0.0781. The molecule has 4 atom stereocenters. The van der Waals surface area contributed by atoms with Crippen LogP contribution in [0.3, 0.4) is 0 Å². The second-order valence-electron chi connectivity index (χ2n) is 7.61. The van der Waals surface area contributed by atoms with E-state index in [0.717, 1.165) is 18.4 Å². The van der Waals surface area contributed by atoms with E-state index in [9.17, 15) is 0 Å². The Hall–Kier alpha value is -0.120. The second kappa shape index (κ2) is 4.46. The minimum atomic E-state index is -0.203. The number of hydrogen-bond donors (Lipinski definition) is 1. The quantitative estimate of drug-likeness (QED) is 0.820. The van der Waals surface area contributed by atoms with Crippen LogP contribution in [-0.2, 0) is 4.74 Å². The van der Waals surface area contributed by atoms with Crippen molar-refractivity contribution in [2.45, 2.75) is 58.8 Å². The summed E-state index contributed by atoms with van der Waals surface area (Å²) in [6.07, 6.45) is 0. The Balaban J connectivity index is 2.05. The molecular weight excluding hydrogens is 224 g/mol. The summed E-state index contributed by atoms with van der Waals surface area (Å²) in [6, 6.07) is 0.124. The number of hydrogen-bond acceptors (Lipinski definition) is 3. The van der Waals surface area contributed by atoms with E-state index in [1.807, 2.05) is 0 Å². The summed E-state index contributed by atoms with van der Waals surface area (Å²) in [5.74, 6) is 2.03. The molecule has 0 spiro atoms. The van der Waals surface area contributed by atoms with E-state index in [0.29, 0.717) is 5.92 Å². The highest BCUT2D eigenvalue weighted by atomic mass is 16.5. The van der Waals surface area contributed by atoms with Crippen molar-refractivity contribution < 1.29 is 4.74 Å². The van der Waals surface area contributed by atoms with Crippen LogP contribution >= 0.6 is 0 Å². The Kier molecular flexibility index (Phi) is 3.54. The van der Waals surface area contributed by atoms with Gasteiger partial charge in [0.2, 0.25) is 0 Å². The summed E-state index contributed by atoms with van der Waals surface area (Å²) in [6.45, 7) is 16.8.